The molecule has 2 rings (SSSR count). The minimum Gasteiger partial charge on any atom is -0.466 e. The molecule has 1 unspecified atom stereocenters. The van der Waals surface area contributed by atoms with Gasteiger partial charge in [-0.25, -0.2) is 0 Å². The van der Waals surface area contributed by atoms with Crippen molar-refractivity contribution in [2.75, 3.05) is 7.05 Å². The highest BCUT2D eigenvalue weighted by molar-refractivity contribution is 14.1. The van der Waals surface area contributed by atoms with Crippen molar-refractivity contribution in [2.24, 2.45) is 0 Å². The van der Waals surface area contributed by atoms with E-state index in [0.29, 0.717) is 0 Å². The van der Waals surface area contributed by atoms with Gasteiger partial charge in [0.05, 0.1) is 16.8 Å². The summed E-state index contributed by atoms with van der Waals surface area (Å²) in [6.45, 7) is 0. The summed E-state index contributed by atoms with van der Waals surface area (Å²) in [5.41, 5.74) is 1.20. The van der Waals surface area contributed by atoms with Gasteiger partial charge >= 0.3 is 0 Å². The maximum absolute atomic E-state index is 5.50. The van der Waals surface area contributed by atoms with Crippen LogP contribution in [-0.2, 0) is 0 Å². The summed E-state index contributed by atoms with van der Waals surface area (Å²) >= 11 is 5.80. The van der Waals surface area contributed by atoms with Gasteiger partial charge in [0.2, 0.25) is 0 Å². The standard InChI is InChI=1S/C12H11BrINO/c1-15-11(12-10(13)5-6-16-12)8-3-2-4-9(14)7-8/h2-7,11,15H,1H3. The summed E-state index contributed by atoms with van der Waals surface area (Å²) in [6.07, 6.45) is 1.69. The molecule has 0 amide bonds. The van der Waals surface area contributed by atoms with Crippen molar-refractivity contribution < 1.29 is 4.42 Å². The molecule has 0 aliphatic heterocycles. The van der Waals surface area contributed by atoms with Crippen LogP contribution in [0, 0.1) is 3.57 Å². The largest absolute Gasteiger partial charge is 0.466 e. The van der Waals surface area contributed by atoms with Gasteiger partial charge in [-0.05, 0) is 69.3 Å². The van der Waals surface area contributed by atoms with E-state index in [1.165, 1.54) is 9.13 Å². The third-order valence-electron chi connectivity index (χ3n) is 2.38. The quantitative estimate of drug-likeness (QED) is 0.801. The number of furan rings is 1. The molecule has 0 aliphatic rings. The highest BCUT2D eigenvalue weighted by atomic mass is 127. The number of nitrogens with one attached hydrogen (secondary N) is 1. The molecular formula is C12H11BrINO. The number of benzene rings is 1. The van der Waals surface area contributed by atoms with Gasteiger partial charge < -0.3 is 9.73 Å². The predicted octanol–water partition coefficient (Wildman–Crippen LogP) is 3.96. The molecule has 1 heterocycles. The Hall–Kier alpha value is -0.330. The molecule has 0 aliphatic carbocycles. The zero-order valence-electron chi connectivity index (χ0n) is 8.71. The van der Waals surface area contributed by atoms with Crippen molar-refractivity contribution in [1.29, 1.82) is 0 Å². The number of halogens is 2. The van der Waals surface area contributed by atoms with Crippen LogP contribution in [0.15, 0.2) is 45.5 Å². The van der Waals surface area contributed by atoms with Gasteiger partial charge in [-0.1, -0.05) is 12.1 Å². The van der Waals surface area contributed by atoms with Crippen molar-refractivity contribution in [3.8, 4) is 0 Å². The molecule has 0 radical (unpaired) electrons. The Kier molecular flexibility index (Phi) is 4.05. The first-order chi connectivity index (χ1) is 7.72. The zero-order chi connectivity index (χ0) is 11.5. The molecule has 0 saturated carbocycles. The Morgan fingerprint density at radius 2 is 2.19 bits per heavy atom. The highest BCUT2D eigenvalue weighted by Gasteiger charge is 2.18. The average Bonchev–Trinajstić information content (AvgIpc) is 2.67. The van der Waals surface area contributed by atoms with Gasteiger partial charge in [-0.2, -0.15) is 0 Å². The summed E-state index contributed by atoms with van der Waals surface area (Å²) in [6, 6.07) is 10.4. The van der Waals surface area contributed by atoms with Crippen LogP contribution in [0.5, 0.6) is 0 Å². The minimum atomic E-state index is 0.0825. The van der Waals surface area contributed by atoms with E-state index in [9.17, 15) is 0 Å². The fraction of sp³-hybridized carbons (Fsp3) is 0.167. The van der Waals surface area contributed by atoms with E-state index in [4.69, 9.17) is 4.42 Å². The van der Waals surface area contributed by atoms with Crippen molar-refractivity contribution >= 4 is 38.5 Å². The van der Waals surface area contributed by atoms with Crippen LogP contribution in [0.25, 0.3) is 0 Å². The maximum Gasteiger partial charge on any atom is 0.139 e. The Labute approximate surface area is 117 Å². The minimum absolute atomic E-state index is 0.0825. The molecule has 2 aromatic rings. The molecule has 4 heteroatoms. The summed E-state index contributed by atoms with van der Waals surface area (Å²) in [4.78, 5) is 0. The molecule has 1 N–H and O–H groups in total. The van der Waals surface area contributed by atoms with Crippen LogP contribution < -0.4 is 5.32 Å². The smallest absolute Gasteiger partial charge is 0.139 e. The number of hydrogen-bond donors (Lipinski definition) is 1. The fourth-order valence-electron chi connectivity index (χ4n) is 1.65. The average molecular weight is 392 g/mol. The first kappa shape index (κ1) is 12.1. The molecule has 84 valence electrons. The fourth-order valence-corrected chi connectivity index (χ4v) is 2.64. The molecule has 0 fully saturated rings. The van der Waals surface area contributed by atoms with Gasteiger partial charge in [0.25, 0.3) is 0 Å². The Balaban J connectivity index is 2.40. The topological polar surface area (TPSA) is 25.2 Å². The molecular weight excluding hydrogens is 381 g/mol. The van der Waals surface area contributed by atoms with Crippen LogP contribution in [0.4, 0.5) is 0 Å². The number of hydrogen-bond acceptors (Lipinski definition) is 2. The van der Waals surface area contributed by atoms with E-state index in [1.807, 2.05) is 13.1 Å². The second-order valence-corrected chi connectivity index (χ2v) is 5.51. The van der Waals surface area contributed by atoms with E-state index >= 15 is 0 Å². The number of rotatable bonds is 3. The third-order valence-corrected chi connectivity index (χ3v) is 3.70. The molecule has 0 spiro atoms. The summed E-state index contributed by atoms with van der Waals surface area (Å²) in [5.74, 6) is 0.907. The molecule has 0 bridgehead atoms. The third kappa shape index (κ3) is 2.49. The van der Waals surface area contributed by atoms with E-state index < -0.39 is 0 Å². The summed E-state index contributed by atoms with van der Waals surface area (Å²) in [5, 5.41) is 3.26. The summed E-state index contributed by atoms with van der Waals surface area (Å²) in [7, 11) is 1.93. The summed E-state index contributed by atoms with van der Waals surface area (Å²) < 4.78 is 7.71. The molecule has 0 saturated heterocycles. The lowest BCUT2D eigenvalue weighted by Crippen LogP contribution is -2.17. The van der Waals surface area contributed by atoms with E-state index in [-0.39, 0.29) is 6.04 Å². The van der Waals surface area contributed by atoms with Crippen LogP contribution in [0.2, 0.25) is 0 Å². The lowest BCUT2D eigenvalue weighted by atomic mass is 10.1. The Morgan fingerprint density at radius 1 is 1.38 bits per heavy atom. The molecule has 2 nitrogen and oxygen atoms in total. The molecule has 1 atom stereocenters. The molecule has 1 aromatic carbocycles. The van der Waals surface area contributed by atoms with E-state index in [2.05, 4.69) is 68.1 Å². The van der Waals surface area contributed by atoms with E-state index in [1.54, 1.807) is 6.26 Å². The van der Waals surface area contributed by atoms with Crippen LogP contribution >= 0.6 is 38.5 Å². The first-order valence-corrected chi connectivity index (χ1v) is 6.75. The van der Waals surface area contributed by atoms with Gasteiger partial charge in [-0.15, -0.1) is 0 Å². The van der Waals surface area contributed by atoms with Gasteiger partial charge in [0, 0.05) is 3.57 Å². The Bertz CT molecular complexity index is 483. The van der Waals surface area contributed by atoms with E-state index in [0.717, 1.165) is 10.2 Å². The zero-order valence-corrected chi connectivity index (χ0v) is 12.4. The van der Waals surface area contributed by atoms with Crippen LogP contribution in [-0.4, -0.2) is 7.05 Å². The van der Waals surface area contributed by atoms with Crippen molar-refractivity contribution in [3.63, 3.8) is 0 Å². The van der Waals surface area contributed by atoms with Crippen LogP contribution in [0.1, 0.15) is 17.4 Å². The SMILES string of the molecule is CNC(c1cccc(I)c1)c1occc1Br. The predicted molar refractivity (Wildman–Crippen MR) is 76.5 cm³/mol. The molecule has 1 aromatic heterocycles. The van der Waals surface area contributed by atoms with Gasteiger partial charge in [0.15, 0.2) is 0 Å². The Morgan fingerprint density at radius 3 is 2.75 bits per heavy atom. The highest BCUT2D eigenvalue weighted by Crippen LogP contribution is 2.29. The second kappa shape index (κ2) is 5.33. The monoisotopic (exact) mass is 391 g/mol. The first-order valence-electron chi connectivity index (χ1n) is 4.88. The molecule has 16 heavy (non-hydrogen) atoms. The normalized spacial score (nSPS) is 12.7. The van der Waals surface area contributed by atoms with Crippen LogP contribution in [0.3, 0.4) is 0 Å². The lowest BCUT2D eigenvalue weighted by molar-refractivity contribution is 0.461. The van der Waals surface area contributed by atoms with Gasteiger partial charge in [0.1, 0.15) is 5.76 Å². The lowest BCUT2D eigenvalue weighted by Gasteiger charge is -2.15. The van der Waals surface area contributed by atoms with Crippen molar-refractivity contribution in [2.45, 2.75) is 6.04 Å². The van der Waals surface area contributed by atoms with Gasteiger partial charge in [-0.3, -0.25) is 0 Å². The van der Waals surface area contributed by atoms with Crippen molar-refractivity contribution in [3.05, 3.63) is 56.0 Å². The second-order valence-electron chi connectivity index (χ2n) is 3.41. The van der Waals surface area contributed by atoms with Crippen molar-refractivity contribution in [1.82, 2.24) is 5.32 Å². The maximum atomic E-state index is 5.50.